The largest absolute Gasteiger partial charge is 0.490 e. The molecule has 0 fully saturated rings. The zero-order chi connectivity index (χ0) is 24.9. The Kier molecular flexibility index (Phi) is 6.95. The highest BCUT2D eigenvalue weighted by atomic mass is 32.2. The average Bonchev–Trinajstić information content (AvgIpc) is 3.29. The number of fused-ring (bicyclic) bond motifs is 1. The molecule has 2 aliphatic rings. The summed E-state index contributed by atoms with van der Waals surface area (Å²) in [5.41, 5.74) is 3.16. The van der Waals surface area contributed by atoms with Crippen molar-refractivity contribution in [1.82, 2.24) is 5.01 Å². The lowest BCUT2D eigenvalue weighted by Gasteiger charge is -2.20. The van der Waals surface area contributed by atoms with Crippen molar-refractivity contribution in [2.24, 2.45) is 10.1 Å². The Morgan fingerprint density at radius 3 is 2.44 bits per heavy atom. The molecule has 0 saturated heterocycles. The van der Waals surface area contributed by atoms with Crippen LogP contribution in [0.1, 0.15) is 16.7 Å². The molecule has 2 heterocycles. The van der Waals surface area contributed by atoms with E-state index in [1.807, 2.05) is 85.8 Å². The Labute approximate surface area is 213 Å². The van der Waals surface area contributed by atoms with Crippen LogP contribution in [0.15, 0.2) is 94.5 Å². The van der Waals surface area contributed by atoms with Gasteiger partial charge in [-0.15, -0.1) is 0 Å². The van der Waals surface area contributed by atoms with E-state index in [0.29, 0.717) is 30.6 Å². The molecule has 5 rings (SSSR count). The molecule has 1 N–H and O–H groups in total. The molecular weight excluding hydrogens is 472 g/mol. The molecular formula is C28H24N4O3S. The van der Waals surface area contributed by atoms with Crippen LogP contribution in [0.25, 0.3) is 6.08 Å². The first-order valence-electron chi connectivity index (χ1n) is 11.5. The van der Waals surface area contributed by atoms with Gasteiger partial charge < -0.3 is 9.47 Å². The van der Waals surface area contributed by atoms with E-state index in [-0.39, 0.29) is 11.4 Å². The van der Waals surface area contributed by atoms with E-state index >= 15 is 0 Å². The van der Waals surface area contributed by atoms with Crippen LogP contribution in [-0.2, 0) is 11.2 Å². The second-order valence-electron chi connectivity index (χ2n) is 8.21. The number of hydrogen-bond acceptors (Lipinski definition) is 6. The van der Waals surface area contributed by atoms with E-state index in [4.69, 9.17) is 14.9 Å². The predicted molar refractivity (Wildman–Crippen MR) is 144 cm³/mol. The maximum atomic E-state index is 12.7. The van der Waals surface area contributed by atoms with Crippen LogP contribution in [0.3, 0.4) is 0 Å². The van der Waals surface area contributed by atoms with Gasteiger partial charge in [-0.2, -0.15) is 15.1 Å². The zero-order valence-electron chi connectivity index (χ0n) is 19.7. The van der Waals surface area contributed by atoms with E-state index in [1.165, 1.54) is 16.8 Å². The van der Waals surface area contributed by atoms with Gasteiger partial charge in [-0.1, -0.05) is 60.7 Å². The monoisotopic (exact) mass is 496 g/mol. The number of carbonyl (C=O) groups is 1. The number of ether oxygens (including phenoxy) is 2. The number of benzene rings is 3. The Bertz CT molecular complexity index is 1380. The third kappa shape index (κ3) is 5.39. The first kappa shape index (κ1) is 23.6. The maximum absolute atomic E-state index is 12.7. The van der Waals surface area contributed by atoms with Gasteiger partial charge in [0.2, 0.25) is 5.17 Å². The fraction of sp³-hybridized carbons (Fsp3) is 0.143. The van der Waals surface area contributed by atoms with Crippen molar-refractivity contribution in [2.75, 3.05) is 13.2 Å². The topological polar surface area (TPSA) is 87.3 Å². The van der Waals surface area contributed by atoms with Crippen LogP contribution in [-0.4, -0.2) is 40.2 Å². The summed E-state index contributed by atoms with van der Waals surface area (Å²) in [7, 11) is 0. The summed E-state index contributed by atoms with van der Waals surface area (Å²) in [6.07, 6.45) is 2.28. The summed E-state index contributed by atoms with van der Waals surface area (Å²) >= 11 is 1.33. The number of carbonyl (C=O) groups excluding carboxylic acids is 1. The Morgan fingerprint density at radius 1 is 0.944 bits per heavy atom. The molecule has 3 aromatic rings. The van der Waals surface area contributed by atoms with Gasteiger partial charge >= 0.3 is 0 Å². The van der Waals surface area contributed by atoms with E-state index < -0.39 is 5.91 Å². The van der Waals surface area contributed by atoms with Crippen LogP contribution in [0.5, 0.6) is 11.5 Å². The quantitative estimate of drug-likeness (QED) is 0.337. The standard InChI is InChI=1S/C28H24N4O3S/c1-19-7-5-6-10-24(19)35-16-15-34-22-13-11-21(12-14-22)17-23-26(29)32-28(30-27(23)33)36-25(31-32)18-20-8-3-2-4-9-20/h2-14,17,29H,15-16,18H2,1H3/b23-17-,29-26?. The van der Waals surface area contributed by atoms with Gasteiger partial charge in [0.1, 0.15) is 29.8 Å². The Balaban J connectivity index is 1.20. The van der Waals surface area contributed by atoms with Crippen LogP contribution in [0.2, 0.25) is 0 Å². The summed E-state index contributed by atoms with van der Waals surface area (Å²) < 4.78 is 11.5. The summed E-state index contributed by atoms with van der Waals surface area (Å²) in [5, 5.41) is 15.7. The van der Waals surface area contributed by atoms with Crippen molar-refractivity contribution < 1.29 is 14.3 Å². The third-order valence-electron chi connectivity index (χ3n) is 5.59. The molecule has 8 heteroatoms. The smallest absolute Gasteiger partial charge is 0.283 e. The summed E-state index contributed by atoms with van der Waals surface area (Å²) in [6, 6.07) is 25.2. The number of hydrazone groups is 1. The maximum Gasteiger partial charge on any atom is 0.283 e. The lowest BCUT2D eigenvalue weighted by Crippen LogP contribution is -2.35. The van der Waals surface area contributed by atoms with Crippen LogP contribution in [0.4, 0.5) is 0 Å². The molecule has 0 saturated carbocycles. The van der Waals surface area contributed by atoms with Crippen molar-refractivity contribution >= 4 is 39.8 Å². The van der Waals surface area contributed by atoms with Crippen molar-refractivity contribution in [1.29, 1.82) is 5.41 Å². The van der Waals surface area contributed by atoms with Crippen molar-refractivity contribution in [2.45, 2.75) is 13.3 Å². The number of nitrogens with zero attached hydrogens (tertiary/aromatic N) is 3. The fourth-order valence-electron chi connectivity index (χ4n) is 3.73. The number of thioether (sulfide) groups is 1. The number of rotatable bonds is 8. The van der Waals surface area contributed by atoms with Gasteiger partial charge in [0.25, 0.3) is 5.91 Å². The number of para-hydroxylation sites is 1. The van der Waals surface area contributed by atoms with Crippen molar-refractivity contribution in [3.8, 4) is 11.5 Å². The number of hydrogen-bond donors (Lipinski definition) is 1. The second-order valence-corrected chi connectivity index (χ2v) is 9.25. The molecule has 7 nitrogen and oxygen atoms in total. The molecule has 0 radical (unpaired) electrons. The summed E-state index contributed by atoms with van der Waals surface area (Å²) in [5.74, 6) is 1.13. The molecule has 180 valence electrons. The summed E-state index contributed by atoms with van der Waals surface area (Å²) in [4.78, 5) is 16.8. The second kappa shape index (κ2) is 10.6. The molecule has 3 aromatic carbocycles. The SMILES string of the molecule is Cc1ccccc1OCCOc1ccc(/C=C2/C(=N)N3N=C(Cc4ccccc4)SC3=NC2=O)cc1. The highest BCUT2D eigenvalue weighted by Crippen LogP contribution is 2.29. The minimum Gasteiger partial charge on any atom is -0.490 e. The van der Waals surface area contributed by atoms with E-state index in [9.17, 15) is 4.79 Å². The number of amidine groups is 2. The van der Waals surface area contributed by atoms with Crippen molar-refractivity contribution in [3.63, 3.8) is 0 Å². The highest BCUT2D eigenvalue weighted by molar-refractivity contribution is 8.26. The van der Waals surface area contributed by atoms with E-state index in [2.05, 4.69) is 10.1 Å². The first-order valence-corrected chi connectivity index (χ1v) is 12.3. The van der Waals surface area contributed by atoms with Crippen LogP contribution < -0.4 is 9.47 Å². The molecule has 0 aromatic heterocycles. The van der Waals surface area contributed by atoms with E-state index in [1.54, 1.807) is 6.08 Å². The molecule has 1 amide bonds. The molecule has 36 heavy (non-hydrogen) atoms. The van der Waals surface area contributed by atoms with Gasteiger partial charge in [0, 0.05) is 6.42 Å². The molecule has 0 spiro atoms. The molecule has 2 aliphatic heterocycles. The number of aryl methyl sites for hydroxylation is 1. The lowest BCUT2D eigenvalue weighted by atomic mass is 10.1. The van der Waals surface area contributed by atoms with Crippen molar-refractivity contribution in [3.05, 3.63) is 101 Å². The predicted octanol–water partition coefficient (Wildman–Crippen LogP) is 5.31. The Morgan fingerprint density at radius 2 is 1.67 bits per heavy atom. The minimum atomic E-state index is -0.441. The lowest BCUT2D eigenvalue weighted by molar-refractivity contribution is -0.114. The van der Waals surface area contributed by atoms with Gasteiger partial charge in [-0.05, 0) is 59.7 Å². The first-order chi connectivity index (χ1) is 17.6. The highest BCUT2D eigenvalue weighted by Gasteiger charge is 2.35. The molecule has 0 unspecified atom stereocenters. The van der Waals surface area contributed by atoms with E-state index in [0.717, 1.165) is 27.5 Å². The van der Waals surface area contributed by atoms with Gasteiger partial charge in [0.15, 0.2) is 5.84 Å². The molecule has 0 bridgehead atoms. The third-order valence-corrected chi connectivity index (χ3v) is 6.50. The molecule has 0 aliphatic carbocycles. The summed E-state index contributed by atoms with van der Waals surface area (Å²) in [6.45, 7) is 2.85. The van der Waals surface area contributed by atoms with Crippen LogP contribution >= 0.6 is 11.8 Å². The number of amides is 1. The normalized spacial score (nSPS) is 16.0. The average molecular weight is 497 g/mol. The number of aliphatic imine (C=N–C) groups is 1. The van der Waals surface area contributed by atoms with Gasteiger partial charge in [0.05, 0.1) is 5.57 Å². The van der Waals surface area contributed by atoms with Crippen LogP contribution in [0, 0.1) is 12.3 Å². The van der Waals surface area contributed by atoms with Gasteiger partial charge in [-0.25, -0.2) is 0 Å². The number of nitrogens with one attached hydrogen (secondary N) is 1. The van der Waals surface area contributed by atoms with Gasteiger partial charge in [-0.3, -0.25) is 10.2 Å². The molecule has 0 atom stereocenters. The minimum absolute atomic E-state index is 0.0224. The zero-order valence-corrected chi connectivity index (χ0v) is 20.5. The fourth-order valence-corrected chi connectivity index (χ4v) is 4.65. The Hall–Kier alpha value is -4.17.